The first-order valence-electron chi connectivity index (χ1n) is 4.90. The predicted molar refractivity (Wildman–Crippen MR) is 79.1 cm³/mol. The van der Waals surface area contributed by atoms with E-state index in [2.05, 4.69) is 42.2 Å². The fraction of sp³-hybridized carbons (Fsp3) is 0.0833. The molecule has 0 fully saturated rings. The van der Waals surface area contributed by atoms with Crippen LogP contribution in [0.25, 0.3) is 0 Å². The number of nitrogens with zero attached hydrogens (tertiary/aromatic N) is 1. The van der Waals surface area contributed by atoms with Crippen LogP contribution in [-0.4, -0.2) is 4.98 Å². The third-order valence-electron chi connectivity index (χ3n) is 2.23. The van der Waals surface area contributed by atoms with Crippen molar-refractivity contribution < 1.29 is 0 Å². The van der Waals surface area contributed by atoms with E-state index in [-0.39, 0.29) is 0 Å². The lowest BCUT2D eigenvalue weighted by molar-refractivity contribution is 1.24. The maximum atomic E-state index is 6.03. The van der Waals surface area contributed by atoms with Gasteiger partial charge in [0.25, 0.3) is 0 Å². The van der Waals surface area contributed by atoms with Gasteiger partial charge in [0.1, 0.15) is 5.82 Å². The Morgan fingerprint density at radius 3 is 2.65 bits per heavy atom. The Kier molecular flexibility index (Phi) is 4.07. The lowest BCUT2D eigenvalue weighted by Gasteiger charge is -2.09. The summed E-state index contributed by atoms with van der Waals surface area (Å²) in [5.74, 6) is 0.826. The van der Waals surface area contributed by atoms with E-state index in [0.29, 0.717) is 5.02 Å². The molecule has 0 aliphatic heterocycles. The number of aromatic nitrogens is 1. The maximum Gasteiger partial charge on any atom is 0.133 e. The van der Waals surface area contributed by atoms with Crippen molar-refractivity contribution in [3.63, 3.8) is 0 Å². The molecule has 1 aromatic heterocycles. The average molecular weight is 376 g/mol. The average Bonchev–Trinajstić information content (AvgIpc) is 2.27. The summed E-state index contributed by atoms with van der Waals surface area (Å²) in [5.41, 5.74) is 1.98. The predicted octanol–water partition coefficient (Wildman–Crippen LogP) is 5.31. The van der Waals surface area contributed by atoms with E-state index in [4.69, 9.17) is 11.6 Å². The second-order valence-corrected chi connectivity index (χ2v) is 5.75. The highest BCUT2D eigenvalue weighted by Crippen LogP contribution is 2.28. The zero-order valence-electron chi connectivity index (χ0n) is 8.97. The molecule has 0 aliphatic carbocycles. The molecule has 88 valence electrons. The molecular weight excluding hydrogens is 367 g/mol. The molecule has 0 saturated carbocycles. The summed E-state index contributed by atoms with van der Waals surface area (Å²) in [6.45, 7) is 2.00. The van der Waals surface area contributed by atoms with Gasteiger partial charge < -0.3 is 5.32 Å². The van der Waals surface area contributed by atoms with Crippen molar-refractivity contribution in [3.05, 3.63) is 50.0 Å². The second kappa shape index (κ2) is 5.38. The zero-order chi connectivity index (χ0) is 12.4. The van der Waals surface area contributed by atoms with E-state index >= 15 is 0 Å². The van der Waals surface area contributed by atoms with Gasteiger partial charge in [0.15, 0.2) is 0 Å². The minimum atomic E-state index is 0.671. The first-order chi connectivity index (χ1) is 8.06. The van der Waals surface area contributed by atoms with E-state index in [1.165, 1.54) is 0 Å². The van der Waals surface area contributed by atoms with Crippen molar-refractivity contribution in [2.24, 2.45) is 0 Å². The molecule has 0 saturated heterocycles. The fourth-order valence-corrected chi connectivity index (χ4v) is 2.25. The number of nitrogens with one attached hydrogen (secondary N) is 1. The minimum absolute atomic E-state index is 0.671. The molecule has 1 heterocycles. The molecule has 2 nitrogen and oxygen atoms in total. The van der Waals surface area contributed by atoms with Crippen LogP contribution in [-0.2, 0) is 0 Å². The summed E-state index contributed by atoms with van der Waals surface area (Å²) in [7, 11) is 0. The Morgan fingerprint density at radius 2 is 2.00 bits per heavy atom. The molecule has 5 heteroatoms. The second-order valence-electron chi connectivity index (χ2n) is 3.57. The van der Waals surface area contributed by atoms with Crippen LogP contribution in [0, 0.1) is 6.92 Å². The Balaban J connectivity index is 2.28. The fourth-order valence-electron chi connectivity index (χ4n) is 1.38. The van der Waals surface area contributed by atoms with Gasteiger partial charge in [0.2, 0.25) is 0 Å². The van der Waals surface area contributed by atoms with Crippen LogP contribution in [0.3, 0.4) is 0 Å². The third-order valence-corrected chi connectivity index (χ3v) is 3.89. The molecule has 0 bridgehead atoms. The summed E-state index contributed by atoms with van der Waals surface area (Å²) < 4.78 is 1.85. The number of anilines is 2. The van der Waals surface area contributed by atoms with Crippen molar-refractivity contribution in [2.45, 2.75) is 6.92 Å². The maximum absolute atomic E-state index is 6.03. The molecule has 1 aromatic carbocycles. The monoisotopic (exact) mass is 374 g/mol. The molecule has 2 aromatic rings. The summed E-state index contributed by atoms with van der Waals surface area (Å²) in [6, 6.07) is 7.71. The summed E-state index contributed by atoms with van der Waals surface area (Å²) in [5, 5.41) is 3.90. The number of benzene rings is 1. The van der Waals surface area contributed by atoms with Crippen LogP contribution >= 0.6 is 43.5 Å². The quantitative estimate of drug-likeness (QED) is 0.768. The van der Waals surface area contributed by atoms with E-state index in [1.807, 2.05) is 31.2 Å². The van der Waals surface area contributed by atoms with Gasteiger partial charge in [-0.25, -0.2) is 4.98 Å². The number of pyridine rings is 1. The van der Waals surface area contributed by atoms with E-state index in [1.54, 1.807) is 6.20 Å². The van der Waals surface area contributed by atoms with Gasteiger partial charge in [-0.2, -0.15) is 0 Å². The van der Waals surface area contributed by atoms with Crippen molar-refractivity contribution in [2.75, 3.05) is 5.32 Å². The Morgan fingerprint density at radius 1 is 1.24 bits per heavy atom. The lowest BCUT2D eigenvalue weighted by atomic mass is 10.2. The van der Waals surface area contributed by atoms with E-state index < -0.39 is 0 Å². The first-order valence-corrected chi connectivity index (χ1v) is 6.87. The molecular formula is C12H9Br2ClN2. The number of hydrogen-bond donors (Lipinski definition) is 1. The van der Waals surface area contributed by atoms with Crippen LogP contribution in [0.2, 0.25) is 5.02 Å². The number of aryl methyl sites for hydroxylation is 1. The number of hydrogen-bond acceptors (Lipinski definition) is 2. The standard InChI is InChI=1S/C12H9Br2ClN2/c1-7-4-8(13)6-16-12(7)17-9-2-3-10(14)11(15)5-9/h2-6H,1H3,(H,16,17). The van der Waals surface area contributed by atoms with E-state index in [0.717, 1.165) is 26.0 Å². The van der Waals surface area contributed by atoms with Crippen LogP contribution in [0.15, 0.2) is 39.4 Å². The summed E-state index contributed by atoms with van der Waals surface area (Å²) in [6.07, 6.45) is 1.76. The Labute approximate surface area is 122 Å². The molecule has 17 heavy (non-hydrogen) atoms. The van der Waals surface area contributed by atoms with Gasteiger partial charge in [0, 0.05) is 20.8 Å². The number of rotatable bonds is 2. The van der Waals surface area contributed by atoms with Crippen molar-refractivity contribution >= 4 is 55.0 Å². The molecule has 1 N–H and O–H groups in total. The summed E-state index contributed by atoms with van der Waals surface area (Å²) >= 11 is 12.8. The topological polar surface area (TPSA) is 24.9 Å². The van der Waals surface area contributed by atoms with E-state index in [9.17, 15) is 0 Å². The van der Waals surface area contributed by atoms with Crippen molar-refractivity contribution in [1.82, 2.24) is 4.98 Å². The van der Waals surface area contributed by atoms with Gasteiger partial charge in [0.05, 0.1) is 5.02 Å². The summed E-state index contributed by atoms with van der Waals surface area (Å²) in [4.78, 5) is 4.31. The van der Waals surface area contributed by atoms with Gasteiger partial charge >= 0.3 is 0 Å². The molecule has 0 amide bonds. The minimum Gasteiger partial charge on any atom is -0.340 e. The molecule has 0 aliphatic rings. The highest BCUT2D eigenvalue weighted by Gasteiger charge is 2.03. The first kappa shape index (κ1) is 12.9. The Hall–Kier alpha value is -0.580. The number of halogens is 3. The molecule has 0 radical (unpaired) electrons. The van der Waals surface area contributed by atoms with Gasteiger partial charge in [-0.1, -0.05) is 11.6 Å². The van der Waals surface area contributed by atoms with Crippen molar-refractivity contribution in [3.8, 4) is 0 Å². The SMILES string of the molecule is Cc1cc(Br)cnc1Nc1ccc(Br)c(Cl)c1. The Bertz CT molecular complexity index is 558. The smallest absolute Gasteiger partial charge is 0.133 e. The molecule has 0 atom stereocenters. The van der Waals surface area contributed by atoms with Crippen LogP contribution < -0.4 is 5.32 Å². The molecule has 0 unspecified atom stereocenters. The largest absolute Gasteiger partial charge is 0.340 e. The molecule has 0 spiro atoms. The van der Waals surface area contributed by atoms with Gasteiger partial charge in [-0.05, 0) is 68.6 Å². The van der Waals surface area contributed by atoms with Gasteiger partial charge in [-0.15, -0.1) is 0 Å². The highest BCUT2D eigenvalue weighted by molar-refractivity contribution is 9.10. The van der Waals surface area contributed by atoms with Crippen LogP contribution in [0.4, 0.5) is 11.5 Å². The third kappa shape index (κ3) is 3.21. The van der Waals surface area contributed by atoms with Crippen LogP contribution in [0.5, 0.6) is 0 Å². The van der Waals surface area contributed by atoms with Crippen molar-refractivity contribution in [1.29, 1.82) is 0 Å². The molecule has 2 rings (SSSR count). The lowest BCUT2D eigenvalue weighted by Crippen LogP contribution is -1.96. The highest BCUT2D eigenvalue weighted by atomic mass is 79.9. The zero-order valence-corrected chi connectivity index (χ0v) is 12.9. The normalized spacial score (nSPS) is 10.4. The van der Waals surface area contributed by atoms with Crippen LogP contribution in [0.1, 0.15) is 5.56 Å². The van der Waals surface area contributed by atoms with Gasteiger partial charge in [-0.3, -0.25) is 0 Å².